The third-order valence-electron chi connectivity index (χ3n) is 4.37. The molecule has 1 amide bonds. The van der Waals surface area contributed by atoms with Crippen molar-refractivity contribution < 1.29 is 13.7 Å². The Morgan fingerprint density at radius 1 is 1.33 bits per heavy atom. The molecular weight excluding hydrogens is 309 g/mol. The predicted octanol–water partition coefficient (Wildman–Crippen LogP) is 3.71. The van der Waals surface area contributed by atoms with Crippen molar-refractivity contribution in [2.45, 2.75) is 40.7 Å². The summed E-state index contributed by atoms with van der Waals surface area (Å²) in [6.45, 7) is 7.65. The highest BCUT2D eigenvalue weighted by Crippen LogP contribution is 2.26. The van der Waals surface area contributed by atoms with Gasteiger partial charge in [0.05, 0.1) is 11.2 Å². The molecule has 3 rings (SSSR count). The second kappa shape index (κ2) is 6.11. The summed E-state index contributed by atoms with van der Waals surface area (Å²) in [5, 5.41) is 7.46. The van der Waals surface area contributed by atoms with Crippen molar-refractivity contribution in [1.82, 2.24) is 15.5 Å². The first-order valence-electron chi connectivity index (χ1n) is 7.93. The van der Waals surface area contributed by atoms with Crippen molar-refractivity contribution in [2.75, 3.05) is 0 Å². The number of halogens is 1. The van der Waals surface area contributed by atoms with Gasteiger partial charge in [-0.15, -0.1) is 0 Å². The highest BCUT2D eigenvalue weighted by molar-refractivity contribution is 5.96. The molecule has 6 heteroatoms. The standard InChI is InChI=1S/C18H20FN3O2/c1-5-15-9(2)14-7-13(19)6-12(17(14)21-15)8-20-18(23)16-10(3)22-24-11(16)4/h6-7,21H,5,8H2,1-4H3,(H,20,23). The summed E-state index contributed by atoms with van der Waals surface area (Å²) in [6.07, 6.45) is 0.840. The molecule has 0 aliphatic heterocycles. The third-order valence-corrected chi connectivity index (χ3v) is 4.37. The molecule has 5 nitrogen and oxygen atoms in total. The second-order valence-electron chi connectivity index (χ2n) is 5.95. The topological polar surface area (TPSA) is 70.9 Å². The normalized spacial score (nSPS) is 11.2. The van der Waals surface area contributed by atoms with Gasteiger partial charge >= 0.3 is 0 Å². The number of amides is 1. The molecule has 2 heterocycles. The van der Waals surface area contributed by atoms with Gasteiger partial charge in [0.15, 0.2) is 0 Å². The number of carbonyl (C=O) groups excluding carboxylic acids is 1. The number of aromatic nitrogens is 2. The van der Waals surface area contributed by atoms with Crippen LogP contribution in [-0.2, 0) is 13.0 Å². The zero-order valence-corrected chi connectivity index (χ0v) is 14.2. The number of rotatable bonds is 4. The van der Waals surface area contributed by atoms with Gasteiger partial charge in [-0.25, -0.2) is 4.39 Å². The van der Waals surface area contributed by atoms with E-state index in [0.29, 0.717) is 22.6 Å². The Morgan fingerprint density at radius 2 is 2.08 bits per heavy atom. The Morgan fingerprint density at radius 3 is 2.71 bits per heavy atom. The SMILES string of the molecule is CCc1[nH]c2c(CNC(=O)c3c(C)noc3C)cc(F)cc2c1C. The zero-order valence-electron chi connectivity index (χ0n) is 14.2. The molecule has 2 aromatic heterocycles. The first-order valence-corrected chi connectivity index (χ1v) is 7.93. The van der Waals surface area contributed by atoms with Crippen LogP contribution in [0.1, 0.15) is 45.6 Å². The van der Waals surface area contributed by atoms with Crippen LogP contribution in [0.4, 0.5) is 4.39 Å². The lowest BCUT2D eigenvalue weighted by atomic mass is 10.1. The van der Waals surface area contributed by atoms with Crippen LogP contribution >= 0.6 is 0 Å². The van der Waals surface area contributed by atoms with E-state index in [1.54, 1.807) is 13.8 Å². The van der Waals surface area contributed by atoms with Crippen molar-refractivity contribution >= 4 is 16.8 Å². The van der Waals surface area contributed by atoms with Crippen LogP contribution in [0.15, 0.2) is 16.7 Å². The monoisotopic (exact) mass is 329 g/mol. The number of carbonyl (C=O) groups is 1. The summed E-state index contributed by atoms with van der Waals surface area (Å²) in [4.78, 5) is 15.7. The Bertz CT molecular complexity index is 905. The van der Waals surface area contributed by atoms with Crippen molar-refractivity contribution in [2.24, 2.45) is 0 Å². The molecule has 0 aliphatic rings. The zero-order chi connectivity index (χ0) is 17.4. The Labute approximate surface area is 139 Å². The molecule has 0 saturated carbocycles. The molecule has 0 unspecified atom stereocenters. The largest absolute Gasteiger partial charge is 0.361 e. The molecule has 24 heavy (non-hydrogen) atoms. The summed E-state index contributed by atoms with van der Waals surface area (Å²) in [6, 6.07) is 2.98. The van der Waals surface area contributed by atoms with Crippen LogP contribution in [0, 0.1) is 26.6 Å². The van der Waals surface area contributed by atoms with E-state index in [9.17, 15) is 9.18 Å². The number of aromatic amines is 1. The van der Waals surface area contributed by atoms with Crippen molar-refractivity contribution in [1.29, 1.82) is 0 Å². The van der Waals surface area contributed by atoms with Crippen LogP contribution in [0.25, 0.3) is 10.9 Å². The number of nitrogens with zero attached hydrogens (tertiary/aromatic N) is 1. The molecule has 0 radical (unpaired) electrons. The maximum Gasteiger partial charge on any atom is 0.257 e. The average Bonchev–Trinajstić information content (AvgIpc) is 3.05. The van der Waals surface area contributed by atoms with Gasteiger partial charge < -0.3 is 14.8 Å². The van der Waals surface area contributed by atoms with Crippen molar-refractivity contribution in [3.05, 3.63) is 51.8 Å². The molecule has 2 N–H and O–H groups in total. The molecule has 1 aromatic carbocycles. The molecular formula is C18H20FN3O2. The Hall–Kier alpha value is -2.63. The summed E-state index contributed by atoms with van der Waals surface area (Å²) < 4.78 is 19.0. The van der Waals surface area contributed by atoms with E-state index in [2.05, 4.69) is 15.5 Å². The van der Waals surface area contributed by atoms with E-state index < -0.39 is 0 Å². The van der Waals surface area contributed by atoms with Crippen LogP contribution < -0.4 is 5.32 Å². The van der Waals surface area contributed by atoms with E-state index in [1.807, 2.05) is 13.8 Å². The second-order valence-corrected chi connectivity index (χ2v) is 5.95. The number of H-pyrrole nitrogens is 1. The lowest BCUT2D eigenvalue weighted by molar-refractivity contribution is 0.0949. The van der Waals surface area contributed by atoms with Gasteiger partial charge in [0.2, 0.25) is 0 Å². The number of benzene rings is 1. The average molecular weight is 329 g/mol. The first-order chi connectivity index (χ1) is 11.4. The van der Waals surface area contributed by atoms with Crippen LogP contribution in [0.5, 0.6) is 0 Å². The van der Waals surface area contributed by atoms with E-state index in [0.717, 1.165) is 28.6 Å². The predicted molar refractivity (Wildman–Crippen MR) is 89.5 cm³/mol. The van der Waals surface area contributed by atoms with Gasteiger partial charge in [0.1, 0.15) is 17.1 Å². The van der Waals surface area contributed by atoms with Gasteiger partial charge in [0.25, 0.3) is 5.91 Å². The lowest BCUT2D eigenvalue weighted by Gasteiger charge is -2.07. The van der Waals surface area contributed by atoms with Gasteiger partial charge in [-0.1, -0.05) is 12.1 Å². The molecule has 126 valence electrons. The smallest absolute Gasteiger partial charge is 0.257 e. The minimum atomic E-state index is -0.311. The highest BCUT2D eigenvalue weighted by atomic mass is 19.1. The number of hydrogen-bond acceptors (Lipinski definition) is 3. The lowest BCUT2D eigenvalue weighted by Crippen LogP contribution is -2.24. The fourth-order valence-electron chi connectivity index (χ4n) is 3.08. The van der Waals surface area contributed by atoms with Gasteiger partial charge in [-0.2, -0.15) is 0 Å². The third kappa shape index (κ3) is 2.68. The minimum Gasteiger partial charge on any atom is -0.361 e. The molecule has 0 bridgehead atoms. The molecule has 3 aromatic rings. The van der Waals surface area contributed by atoms with Gasteiger partial charge in [-0.05, 0) is 50.5 Å². The molecule has 0 aliphatic carbocycles. The van der Waals surface area contributed by atoms with E-state index in [1.165, 1.54) is 12.1 Å². The summed E-state index contributed by atoms with van der Waals surface area (Å²) in [5.74, 6) is -0.116. The summed E-state index contributed by atoms with van der Waals surface area (Å²) in [5.41, 5.74) is 4.68. The molecule has 0 spiro atoms. The minimum absolute atomic E-state index is 0.222. The molecule has 0 saturated heterocycles. The highest BCUT2D eigenvalue weighted by Gasteiger charge is 2.18. The number of aryl methyl sites for hydroxylation is 4. The van der Waals surface area contributed by atoms with Crippen molar-refractivity contribution in [3.63, 3.8) is 0 Å². The molecule has 0 fully saturated rings. The van der Waals surface area contributed by atoms with Crippen LogP contribution in [-0.4, -0.2) is 16.0 Å². The number of nitrogens with one attached hydrogen (secondary N) is 2. The quantitative estimate of drug-likeness (QED) is 0.766. The van der Waals surface area contributed by atoms with E-state index in [4.69, 9.17) is 4.52 Å². The van der Waals surface area contributed by atoms with Gasteiger partial charge in [0, 0.05) is 17.6 Å². The Balaban J connectivity index is 1.92. The maximum absolute atomic E-state index is 14.0. The van der Waals surface area contributed by atoms with Gasteiger partial charge in [-0.3, -0.25) is 4.79 Å². The first kappa shape index (κ1) is 16.2. The number of hydrogen-bond donors (Lipinski definition) is 2. The molecule has 0 atom stereocenters. The summed E-state index contributed by atoms with van der Waals surface area (Å²) >= 11 is 0. The van der Waals surface area contributed by atoms with Crippen molar-refractivity contribution in [3.8, 4) is 0 Å². The van der Waals surface area contributed by atoms with E-state index in [-0.39, 0.29) is 18.3 Å². The maximum atomic E-state index is 14.0. The fraction of sp³-hybridized carbons (Fsp3) is 0.333. The van der Waals surface area contributed by atoms with E-state index >= 15 is 0 Å². The fourth-order valence-corrected chi connectivity index (χ4v) is 3.08. The Kier molecular flexibility index (Phi) is 4.13. The van der Waals surface area contributed by atoms with Crippen LogP contribution in [0.2, 0.25) is 0 Å². The van der Waals surface area contributed by atoms with Crippen LogP contribution in [0.3, 0.4) is 0 Å². The summed E-state index contributed by atoms with van der Waals surface area (Å²) in [7, 11) is 0. The number of fused-ring (bicyclic) bond motifs is 1.